The van der Waals surface area contributed by atoms with Crippen LogP contribution in [0.4, 0.5) is 0 Å². The van der Waals surface area contributed by atoms with Gasteiger partial charge in [0.1, 0.15) is 12.4 Å². The molecule has 0 saturated heterocycles. The number of carbonyl (C=O) groups excluding carboxylic acids is 1. The van der Waals surface area contributed by atoms with Crippen LogP contribution in [0.2, 0.25) is 0 Å². The van der Waals surface area contributed by atoms with Crippen LogP contribution in [0.1, 0.15) is 17.5 Å². The molecule has 4 heteroatoms. The Morgan fingerprint density at radius 2 is 2.10 bits per heavy atom. The lowest BCUT2D eigenvalue weighted by atomic mass is 10.2. The van der Waals surface area contributed by atoms with Gasteiger partial charge in [0.05, 0.1) is 6.54 Å². The lowest BCUT2D eigenvalue weighted by molar-refractivity contribution is -0.130. The Morgan fingerprint density at radius 1 is 1.29 bits per heavy atom. The van der Waals surface area contributed by atoms with E-state index in [0.29, 0.717) is 19.6 Å². The van der Waals surface area contributed by atoms with Gasteiger partial charge in [0.2, 0.25) is 5.91 Å². The number of rotatable bonds is 7. The minimum absolute atomic E-state index is 0.162. The van der Waals surface area contributed by atoms with E-state index in [2.05, 4.69) is 11.4 Å². The van der Waals surface area contributed by atoms with Crippen molar-refractivity contribution in [3.63, 3.8) is 0 Å². The van der Waals surface area contributed by atoms with Gasteiger partial charge < -0.3 is 9.64 Å². The topological polar surface area (TPSA) is 29.5 Å². The van der Waals surface area contributed by atoms with Crippen molar-refractivity contribution >= 4 is 17.2 Å². The van der Waals surface area contributed by atoms with Crippen molar-refractivity contribution in [2.45, 2.75) is 19.8 Å². The third kappa shape index (κ3) is 4.90. The number of hydrogen-bond acceptors (Lipinski definition) is 3. The third-order valence-corrected chi connectivity index (χ3v) is 4.14. The highest BCUT2D eigenvalue weighted by atomic mass is 32.1. The van der Waals surface area contributed by atoms with Gasteiger partial charge in [0.15, 0.2) is 0 Å². The molecule has 0 unspecified atom stereocenters. The van der Waals surface area contributed by atoms with Gasteiger partial charge >= 0.3 is 0 Å². The van der Waals surface area contributed by atoms with Crippen LogP contribution in [0.3, 0.4) is 0 Å². The highest BCUT2D eigenvalue weighted by molar-refractivity contribution is 7.07. The van der Waals surface area contributed by atoms with Crippen LogP contribution in [0, 0.1) is 6.92 Å². The average molecular weight is 303 g/mol. The van der Waals surface area contributed by atoms with Crippen molar-refractivity contribution in [3.8, 4) is 5.75 Å². The van der Waals surface area contributed by atoms with Crippen molar-refractivity contribution < 1.29 is 9.53 Å². The summed E-state index contributed by atoms with van der Waals surface area (Å²) in [4.78, 5) is 13.8. The molecule has 0 saturated carbocycles. The summed E-state index contributed by atoms with van der Waals surface area (Å²) in [5.74, 6) is 1.05. The Bertz CT molecular complexity index is 566. The van der Waals surface area contributed by atoms with E-state index in [9.17, 15) is 4.79 Å². The van der Waals surface area contributed by atoms with Gasteiger partial charge in [-0.15, -0.1) is 0 Å². The molecule has 3 nitrogen and oxygen atoms in total. The predicted molar refractivity (Wildman–Crippen MR) is 87.0 cm³/mol. The van der Waals surface area contributed by atoms with Crippen molar-refractivity contribution in [3.05, 3.63) is 52.2 Å². The van der Waals surface area contributed by atoms with Gasteiger partial charge in [0.25, 0.3) is 0 Å². The molecule has 0 aliphatic heterocycles. The third-order valence-electron chi connectivity index (χ3n) is 3.41. The summed E-state index contributed by atoms with van der Waals surface area (Å²) >= 11 is 1.67. The Hall–Kier alpha value is -1.81. The first-order valence-electron chi connectivity index (χ1n) is 7.10. The molecule has 0 bridgehead atoms. The summed E-state index contributed by atoms with van der Waals surface area (Å²) < 4.78 is 5.72. The lowest BCUT2D eigenvalue weighted by Gasteiger charge is -2.18. The fourth-order valence-electron chi connectivity index (χ4n) is 2.01. The van der Waals surface area contributed by atoms with Crippen molar-refractivity contribution in [1.82, 2.24) is 4.90 Å². The number of ether oxygens (including phenoxy) is 1. The number of para-hydroxylation sites is 1. The second-order valence-corrected chi connectivity index (χ2v) is 5.84. The molecule has 1 amide bonds. The Balaban J connectivity index is 1.70. The summed E-state index contributed by atoms with van der Waals surface area (Å²) in [6.07, 6.45) is 1.36. The van der Waals surface area contributed by atoms with E-state index in [1.54, 1.807) is 16.2 Å². The molecular formula is C17H21NO2S. The standard InChI is InChI=1S/C17H21NO2S/c1-14-5-3-4-6-16(14)20-11-10-18(2)17(19)8-7-15-9-12-21-13-15/h3-6,9,12-13H,7-8,10-11H2,1-2H3. The van der Waals surface area contributed by atoms with Crippen LogP contribution >= 0.6 is 11.3 Å². The van der Waals surface area contributed by atoms with E-state index in [0.717, 1.165) is 17.7 Å². The molecular weight excluding hydrogens is 282 g/mol. The minimum Gasteiger partial charge on any atom is -0.491 e. The maximum atomic E-state index is 12.0. The SMILES string of the molecule is Cc1ccccc1OCCN(C)C(=O)CCc1ccsc1. The quantitative estimate of drug-likeness (QED) is 0.783. The zero-order chi connectivity index (χ0) is 15.1. The number of amides is 1. The van der Waals surface area contributed by atoms with Crippen LogP contribution in [-0.2, 0) is 11.2 Å². The first-order valence-corrected chi connectivity index (χ1v) is 8.04. The fourth-order valence-corrected chi connectivity index (χ4v) is 2.72. The molecule has 1 aromatic carbocycles. The Labute approximate surface area is 130 Å². The first-order chi connectivity index (χ1) is 10.2. The van der Waals surface area contributed by atoms with E-state index in [4.69, 9.17) is 4.74 Å². The molecule has 1 heterocycles. The number of hydrogen-bond donors (Lipinski definition) is 0. The van der Waals surface area contributed by atoms with E-state index in [-0.39, 0.29) is 5.91 Å². The molecule has 21 heavy (non-hydrogen) atoms. The summed E-state index contributed by atoms with van der Waals surface area (Å²) in [6.45, 7) is 3.15. The molecule has 0 spiro atoms. The fraction of sp³-hybridized carbons (Fsp3) is 0.353. The molecule has 2 aromatic rings. The van der Waals surface area contributed by atoms with Crippen LogP contribution < -0.4 is 4.74 Å². The van der Waals surface area contributed by atoms with Gasteiger partial charge in [-0.1, -0.05) is 18.2 Å². The van der Waals surface area contributed by atoms with E-state index >= 15 is 0 Å². The zero-order valence-electron chi connectivity index (χ0n) is 12.5. The van der Waals surface area contributed by atoms with Crippen LogP contribution in [-0.4, -0.2) is 31.0 Å². The number of carbonyl (C=O) groups is 1. The Kier molecular flexibility index (Phi) is 5.81. The largest absolute Gasteiger partial charge is 0.491 e. The van der Waals surface area contributed by atoms with Crippen LogP contribution in [0.25, 0.3) is 0 Å². The van der Waals surface area contributed by atoms with Gasteiger partial charge in [-0.05, 0) is 47.4 Å². The highest BCUT2D eigenvalue weighted by Crippen LogP contribution is 2.16. The molecule has 2 rings (SSSR count). The summed E-state index contributed by atoms with van der Waals surface area (Å²) in [5, 5.41) is 4.13. The summed E-state index contributed by atoms with van der Waals surface area (Å²) in [6, 6.07) is 9.98. The normalized spacial score (nSPS) is 10.4. The molecule has 1 aromatic heterocycles. The smallest absolute Gasteiger partial charge is 0.222 e. The number of nitrogens with zero attached hydrogens (tertiary/aromatic N) is 1. The molecule has 0 aliphatic rings. The lowest BCUT2D eigenvalue weighted by Crippen LogP contribution is -2.31. The van der Waals surface area contributed by atoms with Crippen LogP contribution in [0.5, 0.6) is 5.75 Å². The second kappa shape index (κ2) is 7.84. The molecule has 0 aliphatic carbocycles. The molecule has 0 atom stereocenters. The summed E-state index contributed by atoms with van der Waals surface area (Å²) in [5.41, 5.74) is 2.35. The first kappa shape index (κ1) is 15.6. The highest BCUT2D eigenvalue weighted by Gasteiger charge is 2.09. The van der Waals surface area contributed by atoms with Crippen LogP contribution in [0.15, 0.2) is 41.1 Å². The van der Waals surface area contributed by atoms with E-state index in [1.807, 2.05) is 43.6 Å². The van der Waals surface area contributed by atoms with E-state index < -0.39 is 0 Å². The molecule has 0 N–H and O–H groups in total. The van der Waals surface area contributed by atoms with Gasteiger partial charge in [-0.3, -0.25) is 4.79 Å². The summed E-state index contributed by atoms with van der Waals surface area (Å²) in [7, 11) is 1.83. The number of aryl methyl sites for hydroxylation is 2. The monoisotopic (exact) mass is 303 g/mol. The van der Waals surface area contributed by atoms with Gasteiger partial charge in [0, 0.05) is 13.5 Å². The maximum Gasteiger partial charge on any atom is 0.222 e. The zero-order valence-corrected chi connectivity index (χ0v) is 13.4. The average Bonchev–Trinajstić information content (AvgIpc) is 3.00. The molecule has 0 radical (unpaired) electrons. The molecule has 112 valence electrons. The van der Waals surface area contributed by atoms with E-state index in [1.165, 1.54) is 5.56 Å². The number of likely N-dealkylation sites (N-methyl/N-ethyl adjacent to an activating group) is 1. The van der Waals surface area contributed by atoms with Crippen molar-refractivity contribution in [2.24, 2.45) is 0 Å². The molecule has 0 fully saturated rings. The van der Waals surface area contributed by atoms with Crippen molar-refractivity contribution in [1.29, 1.82) is 0 Å². The number of benzene rings is 1. The maximum absolute atomic E-state index is 12.0. The minimum atomic E-state index is 0.162. The Morgan fingerprint density at radius 3 is 2.81 bits per heavy atom. The predicted octanol–water partition coefficient (Wildman–Crippen LogP) is 3.53. The van der Waals surface area contributed by atoms with Crippen molar-refractivity contribution in [2.75, 3.05) is 20.2 Å². The van der Waals surface area contributed by atoms with Gasteiger partial charge in [-0.25, -0.2) is 0 Å². The van der Waals surface area contributed by atoms with Gasteiger partial charge in [-0.2, -0.15) is 11.3 Å². The number of thiophene rings is 1. The second-order valence-electron chi connectivity index (χ2n) is 5.06.